The molecule has 0 aromatic heterocycles. The van der Waals surface area contributed by atoms with Gasteiger partial charge in [-0.2, -0.15) is 0 Å². The Morgan fingerprint density at radius 2 is 0.833 bits per heavy atom. The van der Waals surface area contributed by atoms with Crippen molar-refractivity contribution in [1.82, 2.24) is 0 Å². The minimum Gasteiger partial charge on any atom is -0.490 e. The molecule has 6 aromatic carbocycles. The Balaban J connectivity index is 1.58. The van der Waals surface area contributed by atoms with Crippen LogP contribution in [-0.4, -0.2) is 24.8 Å². The van der Waals surface area contributed by atoms with E-state index in [0.29, 0.717) is 84.1 Å². The van der Waals surface area contributed by atoms with Gasteiger partial charge in [-0.15, -0.1) is 0 Å². The molecule has 8 nitrogen and oxygen atoms in total. The number of hydrogen-bond donors (Lipinski definition) is 0. The van der Waals surface area contributed by atoms with Crippen molar-refractivity contribution in [3.63, 3.8) is 0 Å². The minimum absolute atomic E-state index is 0.259. The molecule has 10 heteroatoms. The van der Waals surface area contributed by atoms with Crippen LogP contribution in [0.1, 0.15) is 63.8 Å². The molecule has 310 valence electrons. The van der Waals surface area contributed by atoms with Crippen LogP contribution in [0.4, 0.5) is 0 Å². The quantitative estimate of drug-likeness (QED) is 0.119. The van der Waals surface area contributed by atoms with Crippen molar-refractivity contribution in [3.05, 3.63) is 131 Å². The van der Waals surface area contributed by atoms with Gasteiger partial charge in [0.25, 0.3) is 0 Å². The third kappa shape index (κ3) is 7.08. The van der Waals surface area contributed by atoms with E-state index in [2.05, 4.69) is 0 Å². The van der Waals surface area contributed by atoms with Crippen LogP contribution in [0.25, 0.3) is 11.1 Å². The first-order valence-electron chi connectivity index (χ1n) is 20.4. The van der Waals surface area contributed by atoms with Crippen LogP contribution in [0.2, 0.25) is 0 Å². The predicted octanol–water partition coefficient (Wildman–Crippen LogP) is 9.68. The Morgan fingerprint density at radius 1 is 0.467 bits per heavy atom. The lowest BCUT2D eigenvalue weighted by Crippen LogP contribution is -2.30. The summed E-state index contributed by atoms with van der Waals surface area (Å²) in [5, 5.41) is 3.30. The molecule has 60 heavy (non-hydrogen) atoms. The number of hydrogen-bond acceptors (Lipinski definition) is 8. The van der Waals surface area contributed by atoms with Crippen molar-refractivity contribution in [3.8, 4) is 45.6 Å². The average Bonchev–Trinajstić information content (AvgIpc) is 3.73. The molecule has 2 aliphatic rings. The number of fused-ring (bicyclic) bond motifs is 2. The van der Waals surface area contributed by atoms with E-state index in [1.54, 1.807) is 0 Å². The molecular formula is C50H52O8P2. The highest BCUT2D eigenvalue weighted by Gasteiger charge is 2.48. The fraction of sp³-hybridized carbons (Fsp3) is 0.280. The SMILES string of the molecule is CCOc1cc(P(=O)(c2ccc(C)cc2)c2ccc(C)cc2)c(-c2cc(P(=O)(c3ccc(C)cc3)c3ccc(C)cc3)c(OCC)c3c2OC(C)(C)O3)c2c1OC(C)(C)O2. The number of aryl methyl sites for hydroxylation is 4. The van der Waals surface area contributed by atoms with Gasteiger partial charge in [0.05, 0.1) is 18.5 Å². The molecule has 0 saturated carbocycles. The molecule has 0 atom stereocenters. The van der Waals surface area contributed by atoms with Gasteiger partial charge in [0.2, 0.25) is 23.1 Å². The molecule has 0 aliphatic carbocycles. The summed E-state index contributed by atoms with van der Waals surface area (Å²) in [4.78, 5) is 0. The summed E-state index contributed by atoms with van der Waals surface area (Å²) in [6.45, 7) is 19.7. The molecule has 0 N–H and O–H groups in total. The van der Waals surface area contributed by atoms with Crippen molar-refractivity contribution in [2.24, 2.45) is 0 Å². The van der Waals surface area contributed by atoms with Crippen molar-refractivity contribution in [1.29, 1.82) is 0 Å². The van der Waals surface area contributed by atoms with E-state index in [4.69, 9.17) is 28.4 Å². The Hall–Kier alpha value is -5.42. The van der Waals surface area contributed by atoms with Crippen LogP contribution in [0, 0.1) is 27.7 Å². The zero-order valence-corrected chi connectivity index (χ0v) is 37.8. The number of benzene rings is 6. The maximum atomic E-state index is 16.8. The van der Waals surface area contributed by atoms with Crippen LogP contribution in [-0.2, 0) is 9.13 Å². The van der Waals surface area contributed by atoms with Gasteiger partial charge in [-0.05, 0) is 53.7 Å². The van der Waals surface area contributed by atoms with E-state index in [9.17, 15) is 0 Å². The second-order valence-corrected chi connectivity index (χ2v) is 22.0. The fourth-order valence-corrected chi connectivity index (χ4v) is 13.6. The second-order valence-electron chi connectivity index (χ2n) is 16.5. The van der Waals surface area contributed by atoms with Gasteiger partial charge in [0.15, 0.2) is 37.3 Å². The molecule has 0 amide bonds. The lowest BCUT2D eigenvalue weighted by Gasteiger charge is -2.27. The van der Waals surface area contributed by atoms with Gasteiger partial charge >= 0.3 is 0 Å². The summed E-state index contributed by atoms with van der Waals surface area (Å²) in [7, 11) is -7.60. The van der Waals surface area contributed by atoms with E-state index in [0.717, 1.165) is 22.3 Å². The van der Waals surface area contributed by atoms with Crippen LogP contribution in [0.5, 0.6) is 34.5 Å². The highest BCUT2D eigenvalue weighted by Crippen LogP contribution is 2.62. The summed E-state index contributed by atoms with van der Waals surface area (Å²) in [5.74, 6) is -0.273. The van der Waals surface area contributed by atoms with Gasteiger partial charge in [-0.25, -0.2) is 0 Å². The monoisotopic (exact) mass is 842 g/mol. The predicted molar refractivity (Wildman–Crippen MR) is 243 cm³/mol. The van der Waals surface area contributed by atoms with Crippen molar-refractivity contribution in [2.45, 2.75) is 80.8 Å². The molecule has 2 aliphatic heterocycles. The van der Waals surface area contributed by atoms with Crippen LogP contribution in [0.15, 0.2) is 109 Å². The van der Waals surface area contributed by atoms with Gasteiger partial charge in [-0.1, -0.05) is 119 Å². The van der Waals surface area contributed by atoms with Gasteiger partial charge in [0, 0.05) is 65.3 Å². The molecule has 0 fully saturated rings. The van der Waals surface area contributed by atoms with Gasteiger partial charge < -0.3 is 37.6 Å². The van der Waals surface area contributed by atoms with Crippen molar-refractivity contribution >= 4 is 46.1 Å². The zero-order valence-electron chi connectivity index (χ0n) is 36.0. The summed E-state index contributed by atoms with van der Waals surface area (Å²) in [6, 6.07) is 34.8. The smallest absolute Gasteiger partial charge is 0.246 e. The summed E-state index contributed by atoms with van der Waals surface area (Å²) >= 11 is 0. The molecule has 0 spiro atoms. The normalized spacial score (nSPS) is 14.9. The third-order valence-corrected chi connectivity index (χ3v) is 17.0. The highest BCUT2D eigenvalue weighted by molar-refractivity contribution is 7.86. The van der Waals surface area contributed by atoms with Crippen LogP contribution in [0.3, 0.4) is 0 Å². The third-order valence-electron chi connectivity index (χ3n) is 10.9. The van der Waals surface area contributed by atoms with E-state index >= 15 is 9.13 Å². The van der Waals surface area contributed by atoms with E-state index in [-0.39, 0.29) is 6.61 Å². The molecule has 6 aromatic rings. The lowest BCUT2D eigenvalue weighted by molar-refractivity contribution is -0.0450. The van der Waals surface area contributed by atoms with Crippen LogP contribution < -0.4 is 60.2 Å². The average molecular weight is 843 g/mol. The second kappa shape index (κ2) is 15.2. The molecule has 0 unspecified atom stereocenters. The van der Waals surface area contributed by atoms with E-state index in [1.807, 2.05) is 178 Å². The topological polar surface area (TPSA) is 89.5 Å². The molecular weight excluding hydrogens is 790 g/mol. The summed E-state index contributed by atoms with van der Waals surface area (Å²) < 4.78 is 73.1. The Bertz CT molecular complexity index is 2600. The van der Waals surface area contributed by atoms with E-state index < -0.39 is 25.9 Å². The van der Waals surface area contributed by atoms with Gasteiger partial charge in [0.1, 0.15) is 0 Å². The van der Waals surface area contributed by atoms with Crippen molar-refractivity contribution < 1.29 is 37.6 Å². The highest BCUT2D eigenvalue weighted by atomic mass is 31.2. The van der Waals surface area contributed by atoms with E-state index in [1.165, 1.54) is 0 Å². The molecule has 0 saturated heterocycles. The molecule has 8 rings (SSSR count). The number of ether oxygens (including phenoxy) is 6. The van der Waals surface area contributed by atoms with Crippen molar-refractivity contribution in [2.75, 3.05) is 13.2 Å². The Kier molecular flexibility index (Phi) is 10.5. The first kappa shape index (κ1) is 41.3. The van der Waals surface area contributed by atoms with Gasteiger partial charge in [-0.3, -0.25) is 0 Å². The summed E-state index contributed by atoms with van der Waals surface area (Å²) in [5.41, 5.74) is 5.03. The standard InChI is InChI=1S/C50H52O8P2/c1-11-53-40-30-41(59(51,35-21-13-31(3)14-22-35)36-23-15-32(4)16-24-36)43(47-45(40)56-50(9,10)57-47)39-29-42(46(54-12-2)48-44(39)55-49(7,8)58-48)60(52,37-25-17-33(5)18-26-37)38-27-19-34(6)20-28-38/h13-30H,11-12H2,1-10H3. The Morgan fingerprint density at radius 3 is 1.25 bits per heavy atom. The largest absolute Gasteiger partial charge is 0.490 e. The molecule has 2 heterocycles. The molecule has 0 bridgehead atoms. The molecule has 0 radical (unpaired) electrons. The maximum Gasteiger partial charge on any atom is 0.246 e. The lowest BCUT2D eigenvalue weighted by atomic mass is 10.0. The first-order chi connectivity index (χ1) is 28.5. The first-order valence-corrected chi connectivity index (χ1v) is 23.8. The summed E-state index contributed by atoms with van der Waals surface area (Å²) in [6.07, 6.45) is 0. The van der Waals surface area contributed by atoms with Crippen LogP contribution >= 0.6 is 14.3 Å². The fourth-order valence-electron chi connectivity index (χ4n) is 7.97. The number of rotatable bonds is 11. The maximum absolute atomic E-state index is 16.8. The minimum atomic E-state index is -3.82. The zero-order chi connectivity index (χ0) is 42.8. The Labute approximate surface area is 353 Å².